The zero-order valence-corrected chi connectivity index (χ0v) is 12.9. The van der Waals surface area contributed by atoms with Crippen LogP contribution in [0.3, 0.4) is 0 Å². The van der Waals surface area contributed by atoms with E-state index in [0.29, 0.717) is 18.4 Å². The topological polar surface area (TPSA) is 49.8 Å². The van der Waals surface area contributed by atoms with Gasteiger partial charge in [0.25, 0.3) is 0 Å². The van der Waals surface area contributed by atoms with Gasteiger partial charge in [-0.3, -0.25) is 9.69 Å². The van der Waals surface area contributed by atoms with E-state index in [9.17, 15) is 4.79 Å². The number of hydrogen-bond acceptors (Lipinski definition) is 3. The van der Waals surface area contributed by atoms with Gasteiger partial charge >= 0.3 is 5.97 Å². The van der Waals surface area contributed by atoms with Crippen LogP contribution in [0.2, 0.25) is 0 Å². The summed E-state index contributed by atoms with van der Waals surface area (Å²) in [6.07, 6.45) is 3.35. The van der Waals surface area contributed by atoms with Crippen molar-refractivity contribution >= 4 is 5.97 Å². The average molecular weight is 291 g/mol. The van der Waals surface area contributed by atoms with Gasteiger partial charge in [0.1, 0.15) is 5.75 Å². The highest BCUT2D eigenvalue weighted by Crippen LogP contribution is 2.31. The maximum Gasteiger partial charge on any atom is 0.303 e. The van der Waals surface area contributed by atoms with Crippen LogP contribution in [0, 0.1) is 5.92 Å². The molecule has 1 aliphatic rings. The van der Waals surface area contributed by atoms with Crippen LogP contribution in [0.15, 0.2) is 24.3 Å². The van der Waals surface area contributed by atoms with Crippen LogP contribution in [-0.2, 0) is 4.79 Å². The van der Waals surface area contributed by atoms with Crippen LogP contribution < -0.4 is 4.74 Å². The van der Waals surface area contributed by atoms with Gasteiger partial charge in [0.05, 0.1) is 7.11 Å². The van der Waals surface area contributed by atoms with E-state index in [-0.39, 0.29) is 0 Å². The van der Waals surface area contributed by atoms with Gasteiger partial charge in [0.15, 0.2) is 0 Å². The Balaban J connectivity index is 1.97. The van der Waals surface area contributed by atoms with Gasteiger partial charge < -0.3 is 9.84 Å². The van der Waals surface area contributed by atoms with Crippen molar-refractivity contribution in [2.45, 2.75) is 38.6 Å². The Morgan fingerprint density at radius 1 is 1.33 bits per heavy atom. The molecule has 1 unspecified atom stereocenters. The average Bonchev–Trinajstić information content (AvgIpc) is 2.50. The summed E-state index contributed by atoms with van der Waals surface area (Å²) in [5.41, 5.74) is 1.31. The molecule has 21 heavy (non-hydrogen) atoms. The van der Waals surface area contributed by atoms with E-state index in [4.69, 9.17) is 9.84 Å². The predicted octanol–water partition coefficient (Wildman–Crippen LogP) is 3.33. The number of hydrogen-bond donors (Lipinski definition) is 1. The van der Waals surface area contributed by atoms with Gasteiger partial charge in [0, 0.05) is 12.5 Å². The number of benzene rings is 1. The minimum atomic E-state index is -0.671. The number of rotatable bonds is 6. The second kappa shape index (κ2) is 7.46. The second-order valence-corrected chi connectivity index (χ2v) is 5.77. The predicted molar refractivity (Wildman–Crippen MR) is 82.6 cm³/mol. The van der Waals surface area contributed by atoms with E-state index in [1.165, 1.54) is 5.56 Å². The van der Waals surface area contributed by atoms with Gasteiger partial charge in [-0.1, -0.05) is 19.1 Å². The molecule has 4 nitrogen and oxygen atoms in total. The van der Waals surface area contributed by atoms with Crippen molar-refractivity contribution in [1.29, 1.82) is 0 Å². The third-order valence-corrected chi connectivity index (χ3v) is 4.44. The lowest BCUT2D eigenvalue weighted by molar-refractivity contribution is -0.138. The summed E-state index contributed by atoms with van der Waals surface area (Å²) in [5, 5.41) is 8.89. The third kappa shape index (κ3) is 4.21. The number of likely N-dealkylation sites (tertiary alicyclic amines) is 1. The number of piperidine rings is 1. The summed E-state index contributed by atoms with van der Waals surface area (Å²) in [4.78, 5) is 13.3. The van der Waals surface area contributed by atoms with Crippen LogP contribution in [0.1, 0.15) is 44.2 Å². The number of methoxy groups -OCH3 is 1. The molecule has 1 aromatic carbocycles. The molecule has 1 aliphatic heterocycles. The van der Waals surface area contributed by atoms with Crippen molar-refractivity contribution in [3.05, 3.63) is 29.8 Å². The van der Waals surface area contributed by atoms with E-state index in [2.05, 4.69) is 24.0 Å². The van der Waals surface area contributed by atoms with E-state index >= 15 is 0 Å². The maximum atomic E-state index is 10.8. The summed E-state index contributed by atoms with van der Waals surface area (Å²) in [6.45, 7) is 4.18. The fraction of sp³-hybridized carbons (Fsp3) is 0.588. The molecule has 116 valence electrons. The Morgan fingerprint density at radius 2 is 1.95 bits per heavy atom. The summed E-state index contributed by atoms with van der Waals surface area (Å²) in [6, 6.07) is 8.71. The molecule has 0 radical (unpaired) electrons. The molecule has 1 fully saturated rings. The first-order chi connectivity index (χ1) is 10.1. The molecule has 2 rings (SSSR count). The first-order valence-electron chi connectivity index (χ1n) is 7.73. The maximum absolute atomic E-state index is 10.8. The molecule has 0 spiro atoms. The lowest BCUT2D eigenvalue weighted by Gasteiger charge is -2.37. The monoisotopic (exact) mass is 291 g/mol. The van der Waals surface area contributed by atoms with Crippen LogP contribution >= 0.6 is 0 Å². The van der Waals surface area contributed by atoms with Gasteiger partial charge in [-0.2, -0.15) is 0 Å². The number of ether oxygens (including phenoxy) is 1. The van der Waals surface area contributed by atoms with Crippen molar-refractivity contribution in [3.8, 4) is 5.75 Å². The summed E-state index contributed by atoms with van der Waals surface area (Å²) < 4.78 is 5.21. The van der Waals surface area contributed by atoms with Crippen molar-refractivity contribution in [2.24, 2.45) is 5.92 Å². The molecular formula is C17H25NO3. The normalized spacial score (nSPS) is 18.4. The number of carboxylic acids is 1. The fourth-order valence-electron chi connectivity index (χ4n) is 3.25. The Hall–Kier alpha value is -1.55. The van der Waals surface area contributed by atoms with Crippen molar-refractivity contribution in [3.63, 3.8) is 0 Å². The first-order valence-corrected chi connectivity index (χ1v) is 7.73. The van der Waals surface area contributed by atoms with Gasteiger partial charge in [-0.05, 0) is 56.0 Å². The summed E-state index contributed by atoms with van der Waals surface area (Å²) in [5.74, 6) is 0.552. The lowest BCUT2D eigenvalue weighted by Crippen LogP contribution is -2.37. The Bertz CT molecular complexity index is 450. The molecule has 1 saturated heterocycles. The Labute approximate surface area is 126 Å². The SMILES string of the molecule is CCC(c1ccc(OC)cc1)N1CCC(CC(=O)O)CC1. The third-order valence-electron chi connectivity index (χ3n) is 4.44. The number of aliphatic carboxylic acids is 1. The number of nitrogens with zero attached hydrogens (tertiary/aromatic N) is 1. The molecular weight excluding hydrogens is 266 g/mol. The van der Waals surface area contributed by atoms with Crippen LogP contribution in [-0.4, -0.2) is 36.2 Å². The number of carbonyl (C=O) groups is 1. The summed E-state index contributed by atoms with van der Waals surface area (Å²) in [7, 11) is 1.68. The van der Waals surface area contributed by atoms with Gasteiger partial charge in [-0.15, -0.1) is 0 Å². The van der Waals surface area contributed by atoms with Crippen LogP contribution in [0.5, 0.6) is 5.75 Å². The zero-order valence-electron chi connectivity index (χ0n) is 12.9. The first kappa shape index (κ1) is 15.8. The quantitative estimate of drug-likeness (QED) is 0.873. The molecule has 1 aromatic rings. The molecule has 0 aliphatic carbocycles. The van der Waals surface area contributed by atoms with Gasteiger partial charge in [0.2, 0.25) is 0 Å². The van der Waals surface area contributed by atoms with E-state index < -0.39 is 5.97 Å². The van der Waals surface area contributed by atoms with Crippen molar-refractivity contribution < 1.29 is 14.6 Å². The van der Waals surface area contributed by atoms with Gasteiger partial charge in [-0.25, -0.2) is 0 Å². The van der Waals surface area contributed by atoms with Crippen molar-refractivity contribution in [2.75, 3.05) is 20.2 Å². The Kier molecular flexibility index (Phi) is 5.62. The van der Waals surface area contributed by atoms with E-state index in [1.54, 1.807) is 7.11 Å². The Morgan fingerprint density at radius 3 is 2.43 bits per heavy atom. The van der Waals surface area contributed by atoms with Crippen LogP contribution in [0.4, 0.5) is 0 Å². The van der Waals surface area contributed by atoms with E-state index in [1.807, 2.05) is 12.1 Å². The molecule has 0 aromatic heterocycles. The second-order valence-electron chi connectivity index (χ2n) is 5.77. The highest BCUT2D eigenvalue weighted by Gasteiger charge is 2.26. The molecule has 1 heterocycles. The highest BCUT2D eigenvalue weighted by molar-refractivity contribution is 5.67. The zero-order chi connectivity index (χ0) is 15.2. The summed E-state index contributed by atoms with van der Waals surface area (Å²) >= 11 is 0. The standard InChI is InChI=1S/C17H25NO3/c1-3-16(14-4-6-15(21-2)7-5-14)18-10-8-13(9-11-18)12-17(19)20/h4-7,13,16H,3,8-12H2,1-2H3,(H,19,20). The van der Waals surface area contributed by atoms with Crippen molar-refractivity contribution in [1.82, 2.24) is 4.90 Å². The molecule has 0 amide bonds. The van der Waals surface area contributed by atoms with Crippen LogP contribution in [0.25, 0.3) is 0 Å². The smallest absolute Gasteiger partial charge is 0.303 e. The molecule has 4 heteroatoms. The molecule has 1 atom stereocenters. The minimum Gasteiger partial charge on any atom is -0.497 e. The molecule has 0 bridgehead atoms. The highest BCUT2D eigenvalue weighted by atomic mass is 16.5. The van der Waals surface area contributed by atoms with E-state index in [0.717, 1.165) is 38.1 Å². The number of carboxylic acid groups (broad SMARTS) is 1. The minimum absolute atomic E-state index is 0.313. The fourth-order valence-corrected chi connectivity index (χ4v) is 3.25. The lowest BCUT2D eigenvalue weighted by atomic mass is 9.91. The largest absolute Gasteiger partial charge is 0.497 e. The molecule has 0 saturated carbocycles. The molecule has 1 N–H and O–H groups in total.